The van der Waals surface area contributed by atoms with Crippen molar-refractivity contribution in [2.45, 2.75) is 76.8 Å². The van der Waals surface area contributed by atoms with E-state index in [0.717, 1.165) is 23.9 Å². The first-order chi connectivity index (χ1) is 9.36. The Morgan fingerprint density at radius 3 is 2.53 bits per heavy atom. The SMILES string of the molecule is CCCC1CCC(N2CCCNC(C3CC3)C2)CC1. The predicted octanol–water partition coefficient (Wildman–Crippen LogP) is 3.42. The molecule has 2 nitrogen and oxygen atoms in total. The molecule has 0 aromatic heterocycles. The molecular formula is C17H32N2. The van der Waals surface area contributed by atoms with Gasteiger partial charge < -0.3 is 5.32 Å². The molecule has 2 heteroatoms. The fourth-order valence-electron chi connectivity index (χ4n) is 4.33. The first-order valence-corrected chi connectivity index (χ1v) is 8.84. The Kier molecular flexibility index (Phi) is 4.81. The lowest BCUT2D eigenvalue weighted by Gasteiger charge is -2.37. The number of nitrogens with zero attached hydrogens (tertiary/aromatic N) is 1. The molecule has 0 amide bonds. The lowest BCUT2D eigenvalue weighted by Crippen LogP contribution is -2.45. The molecule has 1 aliphatic heterocycles. The summed E-state index contributed by atoms with van der Waals surface area (Å²) in [6.45, 7) is 6.28. The number of rotatable bonds is 4. The highest BCUT2D eigenvalue weighted by Gasteiger charge is 2.35. The van der Waals surface area contributed by atoms with Crippen LogP contribution >= 0.6 is 0 Å². The maximum absolute atomic E-state index is 3.80. The molecule has 0 aromatic rings. The van der Waals surface area contributed by atoms with Gasteiger partial charge in [-0.25, -0.2) is 0 Å². The quantitative estimate of drug-likeness (QED) is 0.837. The summed E-state index contributed by atoms with van der Waals surface area (Å²) in [5.41, 5.74) is 0. The second-order valence-electron chi connectivity index (χ2n) is 7.21. The average Bonchev–Trinajstić information content (AvgIpc) is 3.26. The van der Waals surface area contributed by atoms with Gasteiger partial charge in [0.05, 0.1) is 0 Å². The summed E-state index contributed by atoms with van der Waals surface area (Å²) in [5.74, 6) is 2.06. The maximum atomic E-state index is 3.80. The minimum absolute atomic E-state index is 0.816. The second-order valence-corrected chi connectivity index (χ2v) is 7.21. The molecule has 2 saturated carbocycles. The van der Waals surface area contributed by atoms with E-state index in [1.165, 1.54) is 77.4 Å². The highest BCUT2D eigenvalue weighted by molar-refractivity contribution is 4.92. The van der Waals surface area contributed by atoms with Crippen molar-refractivity contribution in [2.75, 3.05) is 19.6 Å². The lowest BCUT2D eigenvalue weighted by molar-refractivity contribution is 0.128. The summed E-state index contributed by atoms with van der Waals surface area (Å²) in [5, 5.41) is 3.80. The van der Waals surface area contributed by atoms with Crippen LogP contribution in [0.2, 0.25) is 0 Å². The zero-order valence-corrected chi connectivity index (χ0v) is 12.7. The van der Waals surface area contributed by atoms with E-state index >= 15 is 0 Å². The van der Waals surface area contributed by atoms with E-state index in [1.54, 1.807) is 0 Å². The van der Waals surface area contributed by atoms with Crippen molar-refractivity contribution in [3.05, 3.63) is 0 Å². The van der Waals surface area contributed by atoms with Crippen LogP contribution < -0.4 is 5.32 Å². The van der Waals surface area contributed by atoms with Crippen molar-refractivity contribution in [1.29, 1.82) is 0 Å². The number of nitrogens with one attached hydrogen (secondary N) is 1. The van der Waals surface area contributed by atoms with Crippen LogP contribution in [0.1, 0.15) is 64.7 Å². The predicted molar refractivity (Wildman–Crippen MR) is 81.4 cm³/mol. The van der Waals surface area contributed by atoms with Crippen molar-refractivity contribution in [3.63, 3.8) is 0 Å². The Morgan fingerprint density at radius 1 is 1.05 bits per heavy atom. The van der Waals surface area contributed by atoms with Gasteiger partial charge in [0.25, 0.3) is 0 Å². The van der Waals surface area contributed by atoms with Crippen LogP contribution in [-0.2, 0) is 0 Å². The summed E-state index contributed by atoms with van der Waals surface area (Å²) >= 11 is 0. The Morgan fingerprint density at radius 2 is 1.84 bits per heavy atom. The van der Waals surface area contributed by atoms with E-state index in [-0.39, 0.29) is 0 Å². The average molecular weight is 264 g/mol. The summed E-state index contributed by atoms with van der Waals surface area (Å²) in [7, 11) is 0. The van der Waals surface area contributed by atoms with Crippen LogP contribution in [0.4, 0.5) is 0 Å². The van der Waals surface area contributed by atoms with Gasteiger partial charge in [-0.3, -0.25) is 4.90 Å². The van der Waals surface area contributed by atoms with Crippen molar-refractivity contribution in [1.82, 2.24) is 10.2 Å². The number of hydrogen-bond donors (Lipinski definition) is 1. The van der Waals surface area contributed by atoms with Gasteiger partial charge in [0.15, 0.2) is 0 Å². The fraction of sp³-hybridized carbons (Fsp3) is 1.00. The molecule has 0 spiro atoms. The first kappa shape index (κ1) is 13.9. The van der Waals surface area contributed by atoms with Crippen molar-refractivity contribution >= 4 is 0 Å². The molecule has 1 unspecified atom stereocenters. The lowest BCUT2D eigenvalue weighted by atomic mass is 9.83. The van der Waals surface area contributed by atoms with Crippen LogP contribution in [0.5, 0.6) is 0 Å². The van der Waals surface area contributed by atoms with Crippen LogP contribution in [0.15, 0.2) is 0 Å². The molecule has 1 atom stereocenters. The second kappa shape index (κ2) is 6.58. The molecule has 3 aliphatic rings. The van der Waals surface area contributed by atoms with Crippen molar-refractivity contribution in [3.8, 4) is 0 Å². The molecule has 2 aliphatic carbocycles. The smallest absolute Gasteiger partial charge is 0.0223 e. The van der Waals surface area contributed by atoms with Crippen LogP contribution in [0.25, 0.3) is 0 Å². The van der Waals surface area contributed by atoms with Crippen LogP contribution in [-0.4, -0.2) is 36.6 Å². The van der Waals surface area contributed by atoms with Crippen LogP contribution in [0.3, 0.4) is 0 Å². The largest absolute Gasteiger partial charge is 0.312 e. The molecule has 1 N–H and O–H groups in total. The van der Waals surface area contributed by atoms with Gasteiger partial charge >= 0.3 is 0 Å². The Hall–Kier alpha value is -0.0800. The summed E-state index contributed by atoms with van der Waals surface area (Å²) < 4.78 is 0. The molecule has 1 heterocycles. The molecule has 0 bridgehead atoms. The third-order valence-corrected chi connectivity index (χ3v) is 5.68. The Labute approximate surface area is 119 Å². The summed E-state index contributed by atoms with van der Waals surface area (Å²) in [6.07, 6.45) is 13.1. The maximum Gasteiger partial charge on any atom is 0.0223 e. The van der Waals surface area contributed by atoms with E-state index in [4.69, 9.17) is 0 Å². The molecule has 0 radical (unpaired) electrons. The fourth-order valence-corrected chi connectivity index (χ4v) is 4.33. The van der Waals surface area contributed by atoms with Crippen LogP contribution in [0, 0.1) is 11.8 Å². The Balaban J connectivity index is 1.50. The molecular weight excluding hydrogens is 232 g/mol. The van der Waals surface area contributed by atoms with Crippen molar-refractivity contribution < 1.29 is 0 Å². The first-order valence-electron chi connectivity index (χ1n) is 8.84. The van der Waals surface area contributed by atoms with Crippen molar-refractivity contribution in [2.24, 2.45) is 11.8 Å². The molecule has 110 valence electrons. The zero-order chi connectivity index (χ0) is 13.1. The normalized spacial score (nSPS) is 38.1. The molecule has 1 saturated heterocycles. The minimum atomic E-state index is 0.816. The summed E-state index contributed by atoms with van der Waals surface area (Å²) in [4.78, 5) is 2.85. The van der Waals surface area contributed by atoms with E-state index in [2.05, 4.69) is 17.1 Å². The molecule has 0 aromatic carbocycles. The molecule has 19 heavy (non-hydrogen) atoms. The minimum Gasteiger partial charge on any atom is -0.312 e. The van der Waals surface area contributed by atoms with E-state index < -0.39 is 0 Å². The third-order valence-electron chi connectivity index (χ3n) is 5.68. The van der Waals surface area contributed by atoms with E-state index in [0.29, 0.717) is 0 Å². The highest BCUT2D eigenvalue weighted by Crippen LogP contribution is 2.35. The van der Waals surface area contributed by atoms with Gasteiger partial charge in [0, 0.05) is 18.6 Å². The highest BCUT2D eigenvalue weighted by atomic mass is 15.2. The molecule has 3 rings (SSSR count). The van der Waals surface area contributed by atoms with E-state index in [1.807, 2.05) is 0 Å². The molecule has 3 fully saturated rings. The monoisotopic (exact) mass is 264 g/mol. The third kappa shape index (κ3) is 3.72. The van der Waals surface area contributed by atoms with Gasteiger partial charge in [-0.15, -0.1) is 0 Å². The zero-order valence-electron chi connectivity index (χ0n) is 12.7. The summed E-state index contributed by atoms with van der Waals surface area (Å²) in [6, 6.07) is 1.73. The van der Waals surface area contributed by atoms with E-state index in [9.17, 15) is 0 Å². The Bertz CT molecular complexity index is 266. The van der Waals surface area contributed by atoms with Gasteiger partial charge in [0.1, 0.15) is 0 Å². The van der Waals surface area contributed by atoms with Gasteiger partial charge in [-0.2, -0.15) is 0 Å². The van der Waals surface area contributed by atoms with Gasteiger partial charge in [-0.05, 0) is 69.9 Å². The van der Waals surface area contributed by atoms with Gasteiger partial charge in [-0.1, -0.05) is 19.8 Å². The van der Waals surface area contributed by atoms with Gasteiger partial charge in [0.2, 0.25) is 0 Å². The standard InChI is InChI=1S/C17H32N2/c1-2-4-14-5-9-16(10-6-14)19-12-3-11-18-17(13-19)15-7-8-15/h14-18H,2-13H2,1H3. The topological polar surface area (TPSA) is 15.3 Å². The number of hydrogen-bond acceptors (Lipinski definition) is 2.